The maximum Gasteiger partial charge on any atom is 0.407 e. The molecule has 27 heavy (non-hydrogen) atoms. The number of anilines is 2. The van der Waals surface area contributed by atoms with Crippen molar-refractivity contribution >= 4 is 23.2 Å². The van der Waals surface area contributed by atoms with Gasteiger partial charge in [-0.2, -0.15) is 15.6 Å². The number of benzene rings is 1. The van der Waals surface area contributed by atoms with Crippen molar-refractivity contribution in [1.82, 2.24) is 5.32 Å². The summed E-state index contributed by atoms with van der Waals surface area (Å²) in [7, 11) is 0. The Kier molecular flexibility index (Phi) is 6.19. The molecule has 2 N–H and O–H groups in total. The molecular formula is C18H21FN6O2. The molecule has 8 nitrogen and oxygen atoms in total. The minimum atomic E-state index is -0.584. The van der Waals surface area contributed by atoms with Crippen LogP contribution in [0.15, 0.2) is 23.3 Å². The van der Waals surface area contributed by atoms with E-state index in [0.717, 1.165) is 0 Å². The van der Waals surface area contributed by atoms with Crippen LogP contribution in [0.3, 0.4) is 0 Å². The number of rotatable bonds is 4. The van der Waals surface area contributed by atoms with E-state index in [1.807, 2.05) is 4.90 Å². The number of hydrogen-bond donors (Lipinski definition) is 2. The number of para-hydroxylation sites is 1. The SMILES string of the molecule is CC(C)(C)OC(=O)NC1CCN(c2cccc(F)c2NN=C(C#N)C#N)C1. The second kappa shape index (κ2) is 8.37. The van der Waals surface area contributed by atoms with Gasteiger partial charge in [0.1, 0.15) is 29.2 Å². The highest BCUT2D eigenvalue weighted by atomic mass is 19.1. The zero-order valence-electron chi connectivity index (χ0n) is 15.4. The first-order valence-electron chi connectivity index (χ1n) is 8.40. The number of nitriles is 2. The molecule has 1 fully saturated rings. The van der Waals surface area contributed by atoms with E-state index in [4.69, 9.17) is 15.3 Å². The molecule has 1 aliphatic rings. The predicted molar refractivity (Wildman–Crippen MR) is 98.7 cm³/mol. The van der Waals surface area contributed by atoms with Crippen molar-refractivity contribution in [2.24, 2.45) is 5.10 Å². The highest BCUT2D eigenvalue weighted by Crippen LogP contribution is 2.31. The molecule has 9 heteroatoms. The third-order valence-electron chi connectivity index (χ3n) is 3.73. The zero-order valence-corrected chi connectivity index (χ0v) is 15.4. The molecule has 142 valence electrons. The smallest absolute Gasteiger partial charge is 0.407 e. The van der Waals surface area contributed by atoms with Crippen LogP contribution in [-0.2, 0) is 4.74 Å². The summed E-state index contributed by atoms with van der Waals surface area (Å²) in [6.07, 6.45) is 0.171. The predicted octanol–water partition coefficient (Wildman–Crippen LogP) is 2.74. The lowest BCUT2D eigenvalue weighted by molar-refractivity contribution is 0.0509. The van der Waals surface area contributed by atoms with Crippen molar-refractivity contribution in [2.75, 3.05) is 23.4 Å². The summed E-state index contributed by atoms with van der Waals surface area (Å²) < 4.78 is 19.5. The first-order chi connectivity index (χ1) is 12.7. The number of carbonyl (C=O) groups is 1. The Morgan fingerprint density at radius 2 is 2.07 bits per heavy atom. The van der Waals surface area contributed by atoms with Gasteiger partial charge in [0, 0.05) is 13.1 Å². The lowest BCUT2D eigenvalue weighted by atomic mass is 10.2. The van der Waals surface area contributed by atoms with E-state index in [1.54, 1.807) is 45.0 Å². The van der Waals surface area contributed by atoms with Gasteiger partial charge in [-0.05, 0) is 39.3 Å². The third-order valence-corrected chi connectivity index (χ3v) is 3.73. The number of amides is 1. The number of halogens is 1. The number of ether oxygens (including phenoxy) is 1. The fourth-order valence-electron chi connectivity index (χ4n) is 2.64. The number of hydrogen-bond acceptors (Lipinski definition) is 7. The Morgan fingerprint density at radius 3 is 2.70 bits per heavy atom. The molecule has 0 spiro atoms. The summed E-state index contributed by atoms with van der Waals surface area (Å²) in [4.78, 5) is 13.8. The standard InChI is InChI=1S/C18H21FN6O2/c1-18(2,3)27-17(26)22-12-7-8-25(11-12)15-6-4-5-14(19)16(15)24-23-13(9-20)10-21/h4-6,12,24H,7-8,11H2,1-3H3,(H,22,26). The number of carbonyl (C=O) groups excluding carboxylic acids is 1. The van der Waals surface area contributed by atoms with Gasteiger partial charge in [-0.15, -0.1) is 0 Å². The van der Waals surface area contributed by atoms with Crippen molar-refractivity contribution in [1.29, 1.82) is 10.5 Å². The number of nitrogens with one attached hydrogen (secondary N) is 2. The monoisotopic (exact) mass is 372 g/mol. The van der Waals surface area contributed by atoms with Crippen LogP contribution in [0.2, 0.25) is 0 Å². The zero-order chi connectivity index (χ0) is 20.0. The van der Waals surface area contributed by atoms with Crippen molar-refractivity contribution in [3.05, 3.63) is 24.0 Å². The van der Waals surface area contributed by atoms with Gasteiger partial charge >= 0.3 is 6.09 Å². The molecule has 0 aliphatic carbocycles. The summed E-state index contributed by atoms with van der Waals surface area (Å²) in [5.41, 5.74) is 2.07. The topological polar surface area (TPSA) is 114 Å². The average molecular weight is 372 g/mol. The summed E-state index contributed by atoms with van der Waals surface area (Å²) >= 11 is 0. The molecular weight excluding hydrogens is 351 g/mol. The van der Waals surface area contributed by atoms with Gasteiger partial charge in [0.05, 0.1) is 11.7 Å². The summed E-state index contributed by atoms with van der Waals surface area (Å²) in [6.45, 7) is 6.41. The van der Waals surface area contributed by atoms with Gasteiger partial charge in [0.25, 0.3) is 0 Å². The lowest BCUT2D eigenvalue weighted by Crippen LogP contribution is -2.40. The highest BCUT2D eigenvalue weighted by Gasteiger charge is 2.28. The number of alkyl carbamates (subject to hydrolysis) is 1. The molecule has 1 unspecified atom stereocenters. The number of hydrazone groups is 1. The summed E-state index contributed by atoms with van der Waals surface area (Å²) in [6, 6.07) is 7.59. The van der Waals surface area contributed by atoms with Gasteiger partial charge in [0.2, 0.25) is 5.71 Å². The molecule has 0 saturated carbocycles. The van der Waals surface area contributed by atoms with Crippen molar-refractivity contribution < 1.29 is 13.9 Å². The fraction of sp³-hybridized carbons (Fsp3) is 0.444. The van der Waals surface area contributed by atoms with Crippen LogP contribution in [0.1, 0.15) is 27.2 Å². The normalized spacial score (nSPS) is 16.1. The molecule has 1 aromatic rings. The first kappa shape index (κ1) is 20.0. The molecule has 1 saturated heterocycles. The van der Waals surface area contributed by atoms with Crippen LogP contribution < -0.4 is 15.6 Å². The van der Waals surface area contributed by atoms with Gasteiger partial charge in [-0.25, -0.2) is 9.18 Å². The molecule has 1 amide bonds. The minimum absolute atomic E-state index is 0.0680. The van der Waals surface area contributed by atoms with E-state index in [9.17, 15) is 9.18 Å². The first-order valence-corrected chi connectivity index (χ1v) is 8.40. The van der Waals surface area contributed by atoms with Gasteiger partial charge < -0.3 is 15.0 Å². The van der Waals surface area contributed by atoms with Crippen molar-refractivity contribution in [3.8, 4) is 12.1 Å². The van der Waals surface area contributed by atoms with Crippen LogP contribution in [0.4, 0.5) is 20.6 Å². The van der Waals surface area contributed by atoms with Gasteiger partial charge in [0.15, 0.2) is 0 Å². The molecule has 0 radical (unpaired) electrons. The highest BCUT2D eigenvalue weighted by molar-refractivity contribution is 6.10. The molecule has 0 bridgehead atoms. The summed E-state index contributed by atoms with van der Waals surface area (Å²) in [5.74, 6) is -0.560. The Balaban J connectivity index is 2.10. The Morgan fingerprint density at radius 1 is 1.37 bits per heavy atom. The van der Waals surface area contributed by atoms with Gasteiger partial charge in [-0.1, -0.05) is 6.07 Å². The van der Waals surface area contributed by atoms with E-state index in [-0.39, 0.29) is 11.7 Å². The van der Waals surface area contributed by atoms with Gasteiger partial charge in [-0.3, -0.25) is 5.43 Å². The minimum Gasteiger partial charge on any atom is -0.444 e. The molecule has 1 heterocycles. The Bertz CT molecular complexity index is 803. The van der Waals surface area contributed by atoms with E-state index in [2.05, 4.69) is 15.8 Å². The third kappa shape index (κ3) is 5.58. The van der Waals surface area contributed by atoms with E-state index in [0.29, 0.717) is 25.2 Å². The van der Waals surface area contributed by atoms with Crippen LogP contribution in [0.25, 0.3) is 0 Å². The molecule has 2 rings (SSSR count). The van der Waals surface area contributed by atoms with Crippen LogP contribution in [0, 0.1) is 28.5 Å². The van der Waals surface area contributed by atoms with Crippen LogP contribution >= 0.6 is 0 Å². The Labute approximate surface area is 157 Å². The summed E-state index contributed by atoms with van der Waals surface area (Å²) in [5, 5.41) is 23.9. The van der Waals surface area contributed by atoms with Crippen LogP contribution in [-0.4, -0.2) is 36.5 Å². The van der Waals surface area contributed by atoms with E-state index in [1.165, 1.54) is 6.07 Å². The molecule has 1 aromatic carbocycles. The average Bonchev–Trinajstić information content (AvgIpc) is 3.03. The molecule has 0 aromatic heterocycles. The maximum absolute atomic E-state index is 14.2. The van der Waals surface area contributed by atoms with Crippen molar-refractivity contribution in [2.45, 2.75) is 38.8 Å². The second-order valence-electron chi connectivity index (χ2n) is 7.01. The van der Waals surface area contributed by atoms with E-state index >= 15 is 0 Å². The largest absolute Gasteiger partial charge is 0.444 e. The quantitative estimate of drug-likeness (QED) is 0.620. The van der Waals surface area contributed by atoms with Crippen molar-refractivity contribution in [3.63, 3.8) is 0 Å². The number of nitrogens with zero attached hydrogens (tertiary/aromatic N) is 4. The molecule has 1 atom stereocenters. The van der Waals surface area contributed by atoms with E-state index < -0.39 is 23.2 Å². The lowest BCUT2D eigenvalue weighted by Gasteiger charge is -2.23. The van der Waals surface area contributed by atoms with Crippen LogP contribution in [0.5, 0.6) is 0 Å². The molecule has 1 aliphatic heterocycles. The second-order valence-corrected chi connectivity index (χ2v) is 7.01. The Hall–Kier alpha value is -3.33. The fourth-order valence-corrected chi connectivity index (χ4v) is 2.64. The maximum atomic E-state index is 14.2.